The number of rotatable bonds is 5. The van der Waals surface area contributed by atoms with Crippen LogP contribution >= 0.6 is 0 Å². The van der Waals surface area contributed by atoms with Crippen molar-refractivity contribution in [2.45, 2.75) is 71.5 Å². The lowest BCUT2D eigenvalue weighted by atomic mass is 10.1. The van der Waals surface area contributed by atoms with Gasteiger partial charge in [-0.05, 0) is 13.3 Å². The van der Waals surface area contributed by atoms with Crippen molar-refractivity contribution in [3.05, 3.63) is 23.4 Å². The van der Waals surface area contributed by atoms with Gasteiger partial charge in [0.1, 0.15) is 11.6 Å². The molecule has 7 nitrogen and oxygen atoms in total. The highest BCUT2D eigenvalue weighted by Gasteiger charge is 2.25. The molecule has 7 heteroatoms. The van der Waals surface area contributed by atoms with Crippen molar-refractivity contribution in [2.75, 3.05) is 0 Å². The molecular weight excluding hydrogens is 280 g/mol. The minimum Gasteiger partial charge on any atom is -0.338 e. The van der Waals surface area contributed by atoms with Crippen molar-refractivity contribution >= 4 is 0 Å². The summed E-state index contributed by atoms with van der Waals surface area (Å²) in [4.78, 5) is 4.47. The molecule has 2 aromatic rings. The highest BCUT2D eigenvalue weighted by atomic mass is 16.5. The molecule has 2 atom stereocenters. The lowest BCUT2D eigenvalue weighted by Gasteiger charge is -2.27. The van der Waals surface area contributed by atoms with E-state index >= 15 is 0 Å². The highest BCUT2D eigenvalue weighted by molar-refractivity contribution is 5.02. The number of fused-ring (bicyclic) bond motifs is 1. The van der Waals surface area contributed by atoms with E-state index in [2.05, 4.69) is 57.9 Å². The van der Waals surface area contributed by atoms with Gasteiger partial charge in [0.2, 0.25) is 5.89 Å². The number of hydrogen-bond acceptors (Lipinski definition) is 6. The first kappa shape index (κ1) is 15.1. The van der Waals surface area contributed by atoms with Crippen LogP contribution in [0.4, 0.5) is 0 Å². The fourth-order valence-electron chi connectivity index (χ4n) is 2.86. The van der Waals surface area contributed by atoms with Crippen LogP contribution < -0.4 is 5.32 Å². The minimum absolute atomic E-state index is 0.0492. The summed E-state index contributed by atoms with van der Waals surface area (Å²) in [5, 5.41) is 16.2. The van der Waals surface area contributed by atoms with Gasteiger partial charge in [0, 0.05) is 31.3 Å². The highest BCUT2D eigenvalue weighted by Crippen LogP contribution is 2.20. The Morgan fingerprint density at radius 3 is 2.82 bits per heavy atom. The monoisotopic (exact) mass is 304 g/mol. The average molecular weight is 304 g/mol. The Balaban J connectivity index is 1.66. The van der Waals surface area contributed by atoms with E-state index in [9.17, 15) is 0 Å². The number of nitrogens with zero attached hydrogens (tertiary/aromatic N) is 5. The molecule has 1 aliphatic rings. The van der Waals surface area contributed by atoms with Gasteiger partial charge >= 0.3 is 0 Å². The molecule has 0 aromatic carbocycles. The molecule has 22 heavy (non-hydrogen) atoms. The second-order valence-corrected chi connectivity index (χ2v) is 6.27. The molecule has 0 saturated heterocycles. The van der Waals surface area contributed by atoms with Crippen molar-refractivity contribution in [1.29, 1.82) is 0 Å². The summed E-state index contributed by atoms with van der Waals surface area (Å²) in [6, 6.07) is 0.423. The fourth-order valence-corrected chi connectivity index (χ4v) is 2.86. The first-order valence-electron chi connectivity index (χ1n) is 8.09. The summed E-state index contributed by atoms with van der Waals surface area (Å²) in [7, 11) is 0. The number of aryl methyl sites for hydroxylation is 2. The minimum atomic E-state index is 0.0492. The lowest BCUT2D eigenvalue weighted by Crippen LogP contribution is -2.39. The smallest absolute Gasteiger partial charge is 0.243 e. The Morgan fingerprint density at radius 1 is 1.32 bits per heavy atom. The second kappa shape index (κ2) is 6.16. The van der Waals surface area contributed by atoms with Crippen LogP contribution in [0, 0.1) is 0 Å². The molecular formula is C15H24N6O. The van der Waals surface area contributed by atoms with E-state index in [1.807, 2.05) is 0 Å². The average Bonchev–Trinajstić information content (AvgIpc) is 3.13. The molecule has 1 aliphatic heterocycles. The summed E-state index contributed by atoms with van der Waals surface area (Å²) in [5.74, 6) is 3.87. The van der Waals surface area contributed by atoms with Crippen molar-refractivity contribution in [1.82, 2.24) is 30.2 Å². The Kier molecular flexibility index (Phi) is 4.24. The maximum Gasteiger partial charge on any atom is 0.243 e. The molecule has 0 radical (unpaired) electrons. The number of nitrogens with one attached hydrogen (secondary N) is 1. The fraction of sp³-hybridized carbons (Fsp3) is 0.733. The summed E-state index contributed by atoms with van der Waals surface area (Å²) in [6.45, 7) is 9.21. The van der Waals surface area contributed by atoms with Gasteiger partial charge in [-0.2, -0.15) is 4.98 Å². The summed E-state index contributed by atoms with van der Waals surface area (Å²) in [6.07, 6.45) is 2.92. The standard InChI is InChI=1S/C15H24N6O/c1-5-12-18-19-13-7-6-11(8-21(12)13)16-10(4)15-17-14(9(2)3)20-22-15/h9-11,16H,5-8H2,1-4H3/t10-,11-/m1/s1. The first-order valence-corrected chi connectivity index (χ1v) is 8.09. The topological polar surface area (TPSA) is 81.7 Å². The number of hydrogen-bond donors (Lipinski definition) is 1. The van der Waals surface area contributed by atoms with Crippen molar-refractivity contribution in [2.24, 2.45) is 0 Å². The molecule has 0 amide bonds. The molecule has 0 fully saturated rings. The molecule has 0 aliphatic carbocycles. The van der Waals surface area contributed by atoms with Gasteiger partial charge in [-0.25, -0.2) is 0 Å². The van der Waals surface area contributed by atoms with E-state index in [-0.39, 0.29) is 12.0 Å². The zero-order chi connectivity index (χ0) is 15.7. The molecule has 0 bridgehead atoms. The Labute approximate surface area is 130 Å². The molecule has 2 aromatic heterocycles. The van der Waals surface area contributed by atoms with E-state index in [0.29, 0.717) is 11.9 Å². The summed E-state index contributed by atoms with van der Waals surface area (Å²) in [5.41, 5.74) is 0. The number of aromatic nitrogens is 5. The zero-order valence-corrected chi connectivity index (χ0v) is 13.7. The predicted octanol–water partition coefficient (Wildman–Crippen LogP) is 2.01. The molecule has 0 saturated carbocycles. The van der Waals surface area contributed by atoms with Gasteiger partial charge in [-0.15, -0.1) is 10.2 Å². The van der Waals surface area contributed by atoms with Crippen LogP contribution in [0.25, 0.3) is 0 Å². The SMILES string of the molecule is CCc1nnc2n1C[C@H](N[C@H](C)c1nc(C(C)C)no1)CC2. The van der Waals surface area contributed by atoms with Crippen LogP contribution in [0.3, 0.4) is 0 Å². The molecule has 0 spiro atoms. The first-order chi connectivity index (χ1) is 10.6. The Hall–Kier alpha value is -1.76. The third kappa shape index (κ3) is 2.90. The van der Waals surface area contributed by atoms with Gasteiger partial charge in [0.25, 0.3) is 0 Å². The van der Waals surface area contributed by atoms with Gasteiger partial charge in [0.15, 0.2) is 5.82 Å². The largest absolute Gasteiger partial charge is 0.338 e. The molecule has 1 N–H and O–H groups in total. The molecule has 0 unspecified atom stereocenters. The lowest BCUT2D eigenvalue weighted by molar-refractivity contribution is 0.292. The zero-order valence-electron chi connectivity index (χ0n) is 13.7. The molecule has 120 valence electrons. The van der Waals surface area contributed by atoms with Gasteiger partial charge in [-0.3, -0.25) is 0 Å². The van der Waals surface area contributed by atoms with Crippen LogP contribution in [-0.2, 0) is 19.4 Å². The Morgan fingerprint density at radius 2 is 2.14 bits per heavy atom. The van der Waals surface area contributed by atoms with Crippen LogP contribution in [0.15, 0.2) is 4.52 Å². The van der Waals surface area contributed by atoms with E-state index in [1.165, 1.54) is 0 Å². The van der Waals surface area contributed by atoms with Crippen LogP contribution in [0.2, 0.25) is 0 Å². The maximum atomic E-state index is 5.37. The van der Waals surface area contributed by atoms with Crippen molar-refractivity contribution < 1.29 is 4.52 Å². The maximum absolute atomic E-state index is 5.37. The van der Waals surface area contributed by atoms with Crippen LogP contribution in [0.1, 0.15) is 69.4 Å². The summed E-state index contributed by atoms with van der Waals surface area (Å²) < 4.78 is 7.61. The van der Waals surface area contributed by atoms with Gasteiger partial charge in [0.05, 0.1) is 6.04 Å². The molecule has 3 heterocycles. The van der Waals surface area contributed by atoms with Crippen LogP contribution in [0.5, 0.6) is 0 Å². The quantitative estimate of drug-likeness (QED) is 0.910. The third-order valence-corrected chi connectivity index (χ3v) is 4.17. The normalized spacial score (nSPS) is 19.4. The van der Waals surface area contributed by atoms with E-state index in [0.717, 1.165) is 43.3 Å². The van der Waals surface area contributed by atoms with E-state index in [1.54, 1.807) is 0 Å². The van der Waals surface area contributed by atoms with Crippen LogP contribution in [-0.4, -0.2) is 30.9 Å². The summed E-state index contributed by atoms with van der Waals surface area (Å²) >= 11 is 0. The second-order valence-electron chi connectivity index (χ2n) is 6.27. The third-order valence-electron chi connectivity index (χ3n) is 4.17. The predicted molar refractivity (Wildman–Crippen MR) is 81.4 cm³/mol. The van der Waals surface area contributed by atoms with Gasteiger partial charge in [-0.1, -0.05) is 25.9 Å². The van der Waals surface area contributed by atoms with Gasteiger partial charge < -0.3 is 14.4 Å². The Bertz CT molecular complexity index is 618. The van der Waals surface area contributed by atoms with Crippen molar-refractivity contribution in [3.8, 4) is 0 Å². The molecule has 3 rings (SSSR count). The van der Waals surface area contributed by atoms with Crippen molar-refractivity contribution in [3.63, 3.8) is 0 Å². The van der Waals surface area contributed by atoms with E-state index in [4.69, 9.17) is 4.52 Å². The van der Waals surface area contributed by atoms with E-state index < -0.39 is 0 Å².